The van der Waals surface area contributed by atoms with Gasteiger partial charge in [0.25, 0.3) is 0 Å². The minimum absolute atomic E-state index is 0.0115. The van der Waals surface area contributed by atoms with Crippen molar-refractivity contribution >= 4 is 34.4 Å². The number of hydrogen-bond donors (Lipinski definition) is 1. The SMILES string of the molecule is COCCC(C)C/C=C/C(=O)N1CC[C@@H](n2c(Cl)c(-c3ccc(Oc4ccccc4)cc3)c3c(N)ncnc32)C1. The smallest absolute Gasteiger partial charge is 0.246 e. The number of nitrogens with zero attached hydrogens (tertiary/aromatic N) is 4. The highest BCUT2D eigenvalue weighted by molar-refractivity contribution is 6.35. The van der Waals surface area contributed by atoms with Gasteiger partial charge in [0, 0.05) is 32.4 Å². The molecule has 2 atom stereocenters. The lowest BCUT2D eigenvalue weighted by atomic mass is 10.0. The van der Waals surface area contributed by atoms with E-state index in [0.29, 0.717) is 46.8 Å². The van der Waals surface area contributed by atoms with Crippen LogP contribution in [0.15, 0.2) is 73.1 Å². The third-order valence-electron chi connectivity index (χ3n) is 7.33. The topological polar surface area (TPSA) is 95.5 Å². The van der Waals surface area contributed by atoms with Gasteiger partial charge in [0.05, 0.1) is 11.4 Å². The number of amides is 1. The van der Waals surface area contributed by atoms with Crippen LogP contribution in [0.5, 0.6) is 11.5 Å². The molecule has 5 rings (SSSR count). The van der Waals surface area contributed by atoms with Gasteiger partial charge in [-0.05, 0) is 61.1 Å². The number of aromatic nitrogens is 3. The van der Waals surface area contributed by atoms with Crippen LogP contribution in [0.1, 0.15) is 32.2 Å². The fourth-order valence-corrected chi connectivity index (χ4v) is 5.56. The van der Waals surface area contributed by atoms with Gasteiger partial charge in [-0.3, -0.25) is 4.79 Å². The first-order valence-electron chi connectivity index (χ1n) is 13.5. The fraction of sp³-hybridized carbons (Fsp3) is 0.323. The molecule has 2 N–H and O–H groups in total. The van der Waals surface area contributed by atoms with Crippen LogP contribution < -0.4 is 10.5 Å². The van der Waals surface area contributed by atoms with E-state index in [-0.39, 0.29) is 11.9 Å². The highest BCUT2D eigenvalue weighted by atomic mass is 35.5. The molecule has 1 aliphatic heterocycles. The molecule has 208 valence electrons. The van der Waals surface area contributed by atoms with Crippen LogP contribution in [-0.2, 0) is 9.53 Å². The van der Waals surface area contributed by atoms with Crippen molar-refractivity contribution in [3.05, 3.63) is 78.2 Å². The number of anilines is 1. The molecule has 1 unspecified atom stereocenters. The van der Waals surface area contributed by atoms with Crippen molar-refractivity contribution in [2.24, 2.45) is 5.92 Å². The third kappa shape index (κ3) is 5.98. The Bertz CT molecular complexity index is 1490. The summed E-state index contributed by atoms with van der Waals surface area (Å²) in [5.74, 6) is 2.31. The number of rotatable bonds is 10. The van der Waals surface area contributed by atoms with Crippen molar-refractivity contribution in [1.82, 2.24) is 19.4 Å². The fourth-order valence-electron chi connectivity index (χ4n) is 5.14. The largest absolute Gasteiger partial charge is 0.457 e. The number of halogens is 1. The quantitative estimate of drug-likeness (QED) is 0.222. The number of nitrogens with two attached hydrogens (primary N) is 1. The molecule has 3 heterocycles. The molecule has 0 spiro atoms. The summed E-state index contributed by atoms with van der Waals surface area (Å²) >= 11 is 7.08. The lowest BCUT2D eigenvalue weighted by Crippen LogP contribution is -2.27. The van der Waals surface area contributed by atoms with E-state index < -0.39 is 0 Å². The van der Waals surface area contributed by atoms with Crippen molar-refractivity contribution in [2.75, 3.05) is 32.5 Å². The Morgan fingerprint density at radius 2 is 1.90 bits per heavy atom. The van der Waals surface area contributed by atoms with Crippen molar-refractivity contribution < 1.29 is 14.3 Å². The van der Waals surface area contributed by atoms with Gasteiger partial charge in [0.2, 0.25) is 5.91 Å². The first-order valence-corrected chi connectivity index (χ1v) is 13.9. The van der Waals surface area contributed by atoms with Crippen molar-refractivity contribution in [1.29, 1.82) is 0 Å². The predicted octanol–water partition coefficient (Wildman–Crippen LogP) is 6.52. The van der Waals surface area contributed by atoms with E-state index in [4.69, 9.17) is 26.8 Å². The molecule has 8 nitrogen and oxygen atoms in total. The summed E-state index contributed by atoms with van der Waals surface area (Å²) in [5, 5.41) is 1.24. The van der Waals surface area contributed by atoms with Crippen LogP contribution in [-0.4, -0.2) is 52.1 Å². The van der Waals surface area contributed by atoms with E-state index in [1.165, 1.54) is 6.33 Å². The van der Waals surface area contributed by atoms with E-state index in [2.05, 4.69) is 16.9 Å². The molecule has 4 aromatic rings. The number of allylic oxidation sites excluding steroid dienone is 1. The van der Waals surface area contributed by atoms with Crippen LogP contribution in [0.25, 0.3) is 22.2 Å². The van der Waals surface area contributed by atoms with Gasteiger partial charge in [0.1, 0.15) is 34.4 Å². The minimum atomic E-state index is -0.0308. The number of benzene rings is 2. The van der Waals surface area contributed by atoms with Crippen LogP contribution in [0.3, 0.4) is 0 Å². The van der Waals surface area contributed by atoms with Crippen LogP contribution in [0, 0.1) is 5.92 Å². The average Bonchev–Trinajstić information content (AvgIpc) is 3.56. The number of fused-ring (bicyclic) bond motifs is 1. The molecule has 40 heavy (non-hydrogen) atoms. The van der Waals surface area contributed by atoms with Crippen LogP contribution in [0.4, 0.5) is 5.82 Å². The molecular formula is C31H34ClN5O3. The Hall–Kier alpha value is -3.88. The van der Waals surface area contributed by atoms with Crippen LogP contribution >= 0.6 is 11.6 Å². The van der Waals surface area contributed by atoms with Crippen molar-refractivity contribution in [3.8, 4) is 22.6 Å². The molecule has 0 saturated carbocycles. The first-order chi connectivity index (χ1) is 19.5. The van der Waals surface area contributed by atoms with Gasteiger partial charge in [0.15, 0.2) is 0 Å². The first kappa shape index (κ1) is 27.7. The maximum atomic E-state index is 12.9. The van der Waals surface area contributed by atoms with Crippen molar-refractivity contribution in [3.63, 3.8) is 0 Å². The van der Waals surface area contributed by atoms with E-state index in [0.717, 1.165) is 42.7 Å². The predicted molar refractivity (Wildman–Crippen MR) is 159 cm³/mol. The van der Waals surface area contributed by atoms with E-state index >= 15 is 0 Å². The number of methoxy groups -OCH3 is 1. The standard InChI is InChI=1S/C31H34ClN5O3/c1-21(16-18-39-2)7-6-10-26(38)36-17-15-23(19-36)37-29(32)27(28-30(33)34-20-35-31(28)37)22-11-13-25(14-12-22)40-24-8-4-3-5-9-24/h3-6,8-14,20-21,23H,7,15-19H2,1-2H3,(H2,33,34,35)/b10-6+/t21?,23-/m1/s1. The average molecular weight is 560 g/mol. The third-order valence-corrected chi connectivity index (χ3v) is 7.70. The molecule has 1 fully saturated rings. The Labute approximate surface area is 239 Å². The van der Waals surface area contributed by atoms with E-state index in [1.807, 2.05) is 70.1 Å². The Balaban J connectivity index is 1.37. The summed E-state index contributed by atoms with van der Waals surface area (Å²) in [6.07, 6.45) is 7.68. The zero-order chi connectivity index (χ0) is 28.1. The molecule has 2 aromatic heterocycles. The molecule has 1 amide bonds. The number of ether oxygens (including phenoxy) is 2. The second-order valence-electron chi connectivity index (χ2n) is 10.2. The summed E-state index contributed by atoms with van der Waals surface area (Å²) in [5.41, 5.74) is 8.68. The zero-order valence-corrected chi connectivity index (χ0v) is 23.6. The maximum Gasteiger partial charge on any atom is 0.246 e. The van der Waals surface area contributed by atoms with Gasteiger partial charge < -0.3 is 24.7 Å². The molecule has 0 aliphatic carbocycles. The Kier molecular flexibility index (Phi) is 8.67. The monoisotopic (exact) mass is 559 g/mol. The number of nitrogen functional groups attached to an aromatic ring is 1. The van der Waals surface area contributed by atoms with Gasteiger partial charge in [-0.15, -0.1) is 0 Å². The highest BCUT2D eigenvalue weighted by Gasteiger charge is 2.31. The van der Waals surface area contributed by atoms with Gasteiger partial charge in [-0.2, -0.15) is 0 Å². The summed E-state index contributed by atoms with van der Waals surface area (Å²) < 4.78 is 13.1. The number of carbonyl (C=O) groups excluding carboxylic acids is 1. The molecular weight excluding hydrogens is 526 g/mol. The van der Waals surface area contributed by atoms with Gasteiger partial charge in [-0.1, -0.05) is 54.9 Å². The van der Waals surface area contributed by atoms with E-state index in [1.54, 1.807) is 13.2 Å². The Morgan fingerprint density at radius 3 is 2.65 bits per heavy atom. The summed E-state index contributed by atoms with van der Waals surface area (Å²) in [7, 11) is 1.71. The second-order valence-corrected chi connectivity index (χ2v) is 10.5. The highest BCUT2D eigenvalue weighted by Crippen LogP contribution is 2.43. The molecule has 2 aromatic carbocycles. The molecule has 1 aliphatic rings. The van der Waals surface area contributed by atoms with Crippen LogP contribution in [0.2, 0.25) is 5.15 Å². The van der Waals surface area contributed by atoms with E-state index in [9.17, 15) is 4.79 Å². The minimum Gasteiger partial charge on any atom is -0.457 e. The van der Waals surface area contributed by atoms with Gasteiger partial charge >= 0.3 is 0 Å². The lowest BCUT2D eigenvalue weighted by Gasteiger charge is -2.17. The number of carbonyl (C=O) groups is 1. The number of hydrogen-bond acceptors (Lipinski definition) is 6. The molecule has 1 saturated heterocycles. The van der Waals surface area contributed by atoms with Gasteiger partial charge in [-0.25, -0.2) is 9.97 Å². The molecule has 0 bridgehead atoms. The maximum absolute atomic E-state index is 12.9. The number of para-hydroxylation sites is 1. The normalized spacial score (nSPS) is 16.2. The van der Waals surface area contributed by atoms with Crippen molar-refractivity contribution in [2.45, 2.75) is 32.2 Å². The lowest BCUT2D eigenvalue weighted by molar-refractivity contribution is -0.125. The number of likely N-dealkylation sites (tertiary alicyclic amines) is 1. The molecule has 0 radical (unpaired) electrons. The summed E-state index contributed by atoms with van der Waals surface area (Å²) in [4.78, 5) is 23.6. The second kappa shape index (κ2) is 12.5. The Morgan fingerprint density at radius 1 is 1.15 bits per heavy atom. The summed E-state index contributed by atoms with van der Waals surface area (Å²) in [6.45, 7) is 4.07. The summed E-state index contributed by atoms with van der Waals surface area (Å²) in [6, 6.07) is 17.3. The molecule has 9 heteroatoms. The zero-order valence-electron chi connectivity index (χ0n) is 22.8.